The van der Waals surface area contributed by atoms with Crippen molar-refractivity contribution >= 4 is 17.8 Å². The van der Waals surface area contributed by atoms with Gasteiger partial charge in [-0.05, 0) is 38.0 Å². The molecule has 6 heteroatoms. The Morgan fingerprint density at radius 1 is 1.00 bits per heavy atom. The molecule has 1 aliphatic rings. The highest BCUT2D eigenvalue weighted by Crippen LogP contribution is 2.32. The molecule has 0 radical (unpaired) electrons. The van der Waals surface area contributed by atoms with Gasteiger partial charge in [0.15, 0.2) is 0 Å². The Balaban J connectivity index is 1.96. The molecule has 0 saturated heterocycles. The Bertz CT molecular complexity index is 842. The van der Waals surface area contributed by atoms with Gasteiger partial charge in [0.25, 0.3) is 11.8 Å². The van der Waals surface area contributed by atoms with Crippen LogP contribution in [-0.4, -0.2) is 39.6 Å². The Hall–Kier alpha value is -2.99. The maximum Gasteiger partial charge on any atom is 0.360 e. The van der Waals surface area contributed by atoms with Crippen LogP contribution in [0.25, 0.3) is 0 Å². The highest BCUT2D eigenvalue weighted by atomic mass is 16.6. The molecule has 0 fully saturated rings. The van der Waals surface area contributed by atoms with Crippen molar-refractivity contribution in [1.82, 2.24) is 4.90 Å². The number of fused-ring (bicyclic) bond motifs is 1. The highest BCUT2D eigenvalue weighted by Gasteiger charge is 2.53. The van der Waals surface area contributed by atoms with E-state index in [1.165, 1.54) is 12.1 Å². The van der Waals surface area contributed by atoms with Gasteiger partial charge in [-0.25, -0.2) is 9.69 Å². The molecule has 1 unspecified atom stereocenters. The molecule has 1 N–H and O–H groups in total. The lowest BCUT2D eigenvalue weighted by Crippen LogP contribution is -2.58. The molecule has 27 heavy (non-hydrogen) atoms. The zero-order valence-corrected chi connectivity index (χ0v) is 15.2. The SMILES string of the molecule is CC(C)OC(=O)C(O)(CCc1ccccc1)N1C(=O)c2ccccc2C1=O. The van der Waals surface area contributed by atoms with Crippen LogP contribution in [0.1, 0.15) is 46.5 Å². The fourth-order valence-electron chi connectivity index (χ4n) is 3.10. The first-order valence-corrected chi connectivity index (χ1v) is 8.80. The summed E-state index contributed by atoms with van der Waals surface area (Å²) in [5, 5.41) is 11.2. The Morgan fingerprint density at radius 3 is 2.04 bits per heavy atom. The summed E-state index contributed by atoms with van der Waals surface area (Å²) in [4.78, 5) is 38.9. The van der Waals surface area contributed by atoms with Crippen LogP contribution in [0.4, 0.5) is 0 Å². The summed E-state index contributed by atoms with van der Waals surface area (Å²) in [6, 6.07) is 15.5. The van der Waals surface area contributed by atoms with E-state index in [0.29, 0.717) is 4.90 Å². The van der Waals surface area contributed by atoms with Crippen molar-refractivity contribution in [2.75, 3.05) is 0 Å². The van der Waals surface area contributed by atoms with E-state index in [1.54, 1.807) is 26.0 Å². The first-order chi connectivity index (χ1) is 12.8. The van der Waals surface area contributed by atoms with Crippen LogP contribution in [-0.2, 0) is 16.0 Å². The van der Waals surface area contributed by atoms with Gasteiger partial charge in [-0.15, -0.1) is 0 Å². The lowest BCUT2D eigenvalue weighted by molar-refractivity contribution is -0.184. The quantitative estimate of drug-likeness (QED) is 0.627. The molecule has 0 saturated carbocycles. The largest absolute Gasteiger partial charge is 0.459 e. The Kier molecular flexibility index (Phi) is 5.10. The van der Waals surface area contributed by atoms with Crippen molar-refractivity contribution in [2.24, 2.45) is 0 Å². The second-order valence-corrected chi connectivity index (χ2v) is 6.75. The predicted molar refractivity (Wildman–Crippen MR) is 97.9 cm³/mol. The molecule has 2 amide bonds. The zero-order valence-electron chi connectivity index (χ0n) is 15.2. The third-order valence-electron chi connectivity index (χ3n) is 4.44. The zero-order chi connectivity index (χ0) is 19.6. The van der Waals surface area contributed by atoms with E-state index in [2.05, 4.69) is 0 Å². The van der Waals surface area contributed by atoms with Gasteiger partial charge < -0.3 is 9.84 Å². The van der Waals surface area contributed by atoms with Crippen LogP contribution < -0.4 is 0 Å². The van der Waals surface area contributed by atoms with Crippen LogP contribution in [0.5, 0.6) is 0 Å². The van der Waals surface area contributed by atoms with E-state index in [4.69, 9.17) is 4.74 Å². The number of aliphatic hydroxyl groups is 1. The minimum Gasteiger partial charge on any atom is -0.459 e. The third kappa shape index (κ3) is 3.48. The minimum absolute atomic E-state index is 0.159. The van der Waals surface area contributed by atoms with E-state index in [9.17, 15) is 19.5 Å². The molecular formula is C21H21NO5. The lowest BCUT2D eigenvalue weighted by Gasteiger charge is -2.34. The maximum absolute atomic E-state index is 12.8. The summed E-state index contributed by atoms with van der Waals surface area (Å²) in [5.74, 6) is -2.42. The number of esters is 1. The number of ether oxygens (including phenoxy) is 1. The monoisotopic (exact) mass is 367 g/mol. The molecule has 140 valence electrons. The molecule has 0 aromatic heterocycles. The van der Waals surface area contributed by atoms with Crippen LogP contribution in [0.2, 0.25) is 0 Å². The van der Waals surface area contributed by atoms with Gasteiger partial charge in [-0.3, -0.25) is 9.59 Å². The number of carbonyl (C=O) groups excluding carboxylic acids is 3. The van der Waals surface area contributed by atoms with E-state index < -0.39 is 29.6 Å². The normalized spacial score (nSPS) is 15.6. The van der Waals surface area contributed by atoms with E-state index in [1.807, 2.05) is 30.3 Å². The molecule has 6 nitrogen and oxygen atoms in total. The summed E-state index contributed by atoms with van der Waals surface area (Å²) in [6.07, 6.45) is -0.373. The maximum atomic E-state index is 12.8. The fraction of sp³-hybridized carbons (Fsp3) is 0.286. The minimum atomic E-state index is -2.38. The second kappa shape index (κ2) is 7.32. The molecule has 2 aromatic carbocycles. The van der Waals surface area contributed by atoms with Crippen molar-refractivity contribution in [2.45, 2.75) is 38.5 Å². The Morgan fingerprint density at radius 2 is 1.52 bits per heavy atom. The van der Waals surface area contributed by atoms with Gasteiger partial charge >= 0.3 is 5.97 Å². The molecule has 1 atom stereocenters. The summed E-state index contributed by atoms with van der Waals surface area (Å²) in [7, 11) is 0. The number of imide groups is 1. The van der Waals surface area contributed by atoms with Crippen LogP contribution >= 0.6 is 0 Å². The molecule has 3 rings (SSSR count). The standard InChI is InChI=1S/C21H21NO5/c1-14(2)27-20(25)21(26,13-12-15-8-4-3-5-9-15)22-18(23)16-10-6-7-11-17(16)19(22)24/h3-11,14,26H,12-13H2,1-2H3. The van der Waals surface area contributed by atoms with Gasteiger partial charge in [-0.1, -0.05) is 42.5 Å². The van der Waals surface area contributed by atoms with Crippen LogP contribution in [0, 0.1) is 0 Å². The average Bonchev–Trinajstić information content (AvgIpc) is 2.91. The Labute approximate surface area is 157 Å². The van der Waals surface area contributed by atoms with Gasteiger partial charge in [0.1, 0.15) is 0 Å². The predicted octanol–water partition coefficient (Wildman–Crippen LogP) is 2.56. The lowest BCUT2D eigenvalue weighted by atomic mass is 10.0. The molecule has 1 heterocycles. The van der Waals surface area contributed by atoms with Crippen LogP contribution in [0.3, 0.4) is 0 Å². The number of amides is 2. The number of benzene rings is 2. The van der Waals surface area contributed by atoms with Gasteiger partial charge in [-0.2, -0.15) is 0 Å². The summed E-state index contributed by atoms with van der Waals surface area (Å²) in [6.45, 7) is 3.27. The van der Waals surface area contributed by atoms with E-state index in [-0.39, 0.29) is 24.0 Å². The van der Waals surface area contributed by atoms with Crippen molar-refractivity contribution in [3.63, 3.8) is 0 Å². The van der Waals surface area contributed by atoms with Gasteiger partial charge in [0.2, 0.25) is 5.72 Å². The summed E-state index contributed by atoms with van der Waals surface area (Å²) >= 11 is 0. The van der Waals surface area contributed by atoms with Crippen molar-refractivity contribution in [3.05, 3.63) is 71.3 Å². The number of carbonyl (C=O) groups is 3. The second-order valence-electron chi connectivity index (χ2n) is 6.75. The summed E-state index contributed by atoms with van der Waals surface area (Å²) < 4.78 is 5.18. The fourth-order valence-corrected chi connectivity index (χ4v) is 3.10. The van der Waals surface area contributed by atoms with Crippen molar-refractivity contribution < 1.29 is 24.2 Å². The first kappa shape index (κ1) is 18.8. The van der Waals surface area contributed by atoms with E-state index >= 15 is 0 Å². The summed E-state index contributed by atoms with van der Waals surface area (Å²) in [5.41, 5.74) is -1.19. The van der Waals surface area contributed by atoms with Gasteiger partial charge in [0, 0.05) is 6.42 Å². The number of rotatable bonds is 6. The molecule has 2 aromatic rings. The van der Waals surface area contributed by atoms with Crippen molar-refractivity contribution in [1.29, 1.82) is 0 Å². The molecule has 0 spiro atoms. The smallest absolute Gasteiger partial charge is 0.360 e. The number of hydrogen-bond donors (Lipinski definition) is 1. The topological polar surface area (TPSA) is 83.9 Å². The molecule has 1 aliphatic heterocycles. The number of aryl methyl sites for hydroxylation is 1. The van der Waals surface area contributed by atoms with E-state index in [0.717, 1.165) is 5.56 Å². The van der Waals surface area contributed by atoms with Gasteiger partial charge in [0.05, 0.1) is 17.2 Å². The van der Waals surface area contributed by atoms with Crippen LogP contribution in [0.15, 0.2) is 54.6 Å². The third-order valence-corrected chi connectivity index (χ3v) is 4.44. The van der Waals surface area contributed by atoms with Crippen molar-refractivity contribution in [3.8, 4) is 0 Å². The first-order valence-electron chi connectivity index (χ1n) is 8.80. The molecule has 0 bridgehead atoms. The number of hydrogen-bond acceptors (Lipinski definition) is 5. The molecule has 0 aliphatic carbocycles. The molecular weight excluding hydrogens is 346 g/mol. The highest BCUT2D eigenvalue weighted by molar-refractivity contribution is 6.23. The number of nitrogens with zero attached hydrogens (tertiary/aromatic N) is 1. The average molecular weight is 367 g/mol.